The molecular formula is C14H22Cl2N2. The van der Waals surface area contributed by atoms with Gasteiger partial charge in [0.25, 0.3) is 0 Å². The summed E-state index contributed by atoms with van der Waals surface area (Å²) in [5.41, 5.74) is 1.25. The number of nitrogens with zero attached hydrogens (tertiary/aromatic N) is 1. The monoisotopic (exact) mass is 288 g/mol. The Hall–Kier alpha value is -0.280. The molecule has 1 aromatic rings. The van der Waals surface area contributed by atoms with Gasteiger partial charge in [-0.2, -0.15) is 0 Å². The molecule has 2 atom stereocenters. The number of nitrogens with one attached hydrogen (secondary N) is 1. The molecule has 1 aliphatic rings. The Bertz CT molecular complexity index is 371. The third kappa shape index (κ3) is 3.61. The summed E-state index contributed by atoms with van der Waals surface area (Å²) in [4.78, 5) is 2.53. The summed E-state index contributed by atoms with van der Waals surface area (Å²) in [6.07, 6.45) is 1.29. The average molecular weight is 289 g/mol. The van der Waals surface area contributed by atoms with E-state index in [0.29, 0.717) is 6.04 Å². The molecule has 1 fully saturated rings. The molecule has 4 heteroatoms. The van der Waals surface area contributed by atoms with E-state index in [2.05, 4.69) is 29.3 Å². The maximum atomic E-state index is 6.26. The SMILES string of the molecule is CNCC1CCN(C(C)c2ccccc2Cl)C1.Cl. The van der Waals surface area contributed by atoms with E-state index in [9.17, 15) is 0 Å². The minimum atomic E-state index is 0. The molecule has 18 heavy (non-hydrogen) atoms. The van der Waals surface area contributed by atoms with Gasteiger partial charge in [0.2, 0.25) is 0 Å². The van der Waals surface area contributed by atoms with E-state index >= 15 is 0 Å². The Morgan fingerprint density at radius 1 is 1.44 bits per heavy atom. The van der Waals surface area contributed by atoms with Crippen LogP contribution in [0, 0.1) is 5.92 Å². The molecule has 0 amide bonds. The van der Waals surface area contributed by atoms with Crippen LogP contribution in [-0.2, 0) is 0 Å². The van der Waals surface area contributed by atoms with Crippen LogP contribution in [0.15, 0.2) is 24.3 Å². The molecule has 0 saturated carbocycles. The highest BCUT2D eigenvalue weighted by Gasteiger charge is 2.26. The van der Waals surface area contributed by atoms with E-state index in [4.69, 9.17) is 11.6 Å². The van der Waals surface area contributed by atoms with Crippen molar-refractivity contribution in [1.82, 2.24) is 10.2 Å². The summed E-state index contributed by atoms with van der Waals surface area (Å²) >= 11 is 6.26. The highest BCUT2D eigenvalue weighted by Crippen LogP contribution is 2.30. The van der Waals surface area contributed by atoms with Gasteiger partial charge in [-0.3, -0.25) is 4.90 Å². The molecule has 0 bridgehead atoms. The summed E-state index contributed by atoms with van der Waals surface area (Å²) in [6.45, 7) is 5.72. The Morgan fingerprint density at radius 2 is 2.17 bits per heavy atom. The second-order valence-corrected chi connectivity index (χ2v) is 5.31. The average Bonchev–Trinajstić information content (AvgIpc) is 2.78. The molecule has 2 unspecified atom stereocenters. The van der Waals surface area contributed by atoms with E-state index in [1.807, 2.05) is 19.2 Å². The molecule has 1 saturated heterocycles. The van der Waals surface area contributed by atoms with Gasteiger partial charge in [-0.15, -0.1) is 12.4 Å². The molecule has 1 aromatic carbocycles. The predicted octanol–water partition coefficient (Wildman–Crippen LogP) is 3.36. The molecule has 102 valence electrons. The fourth-order valence-corrected chi connectivity index (χ4v) is 2.97. The maximum Gasteiger partial charge on any atom is 0.0453 e. The van der Waals surface area contributed by atoms with Gasteiger partial charge in [0.15, 0.2) is 0 Å². The lowest BCUT2D eigenvalue weighted by atomic mass is 10.1. The Kier molecular flexibility index (Phi) is 6.44. The van der Waals surface area contributed by atoms with Crippen molar-refractivity contribution in [2.75, 3.05) is 26.7 Å². The quantitative estimate of drug-likeness (QED) is 0.914. The molecule has 1 heterocycles. The zero-order chi connectivity index (χ0) is 12.3. The summed E-state index contributed by atoms with van der Waals surface area (Å²) in [5, 5.41) is 4.15. The molecule has 0 spiro atoms. The van der Waals surface area contributed by atoms with Crippen LogP contribution in [-0.4, -0.2) is 31.6 Å². The van der Waals surface area contributed by atoms with Crippen LogP contribution in [0.5, 0.6) is 0 Å². The summed E-state index contributed by atoms with van der Waals surface area (Å²) < 4.78 is 0. The molecule has 0 aliphatic carbocycles. The van der Waals surface area contributed by atoms with E-state index in [0.717, 1.165) is 17.5 Å². The van der Waals surface area contributed by atoms with Crippen molar-refractivity contribution in [3.8, 4) is 0 Å². The topological polar surface area (TPSA) is 15.3 Å². The number of likely N-dealkylation sites (tertiary alicyclic amines) is 1. The first-order valence-electron chi connectivity index (χ1n) is 6.35. The van der Waals surface area contributed by atoms with Gasteiger partial charge in [-0.05, 0) is 51.0 Å². The summed E-state index contributed by atoms with van der Waals surface area (Å²) in [5.74, 6) is 0.782. The fourth-order valence-electron chi connectivity index (χ4n) is 2.68. The van der Waals surface area contributed by atoms with Crippen molar-refractivity contribution >= 4 is 24.0 Å². The number of hydrogen-bond acceptors (Lipinski definition) is 2. The Morgan fingerprint density at radius 3 is 2.83 bits per heavy atom. The van der Waals surface area contributed by atoms with Crippen molar-refractivity contribution in [3.63, 3.8) is 0 Å². The third-order valence-corrected chi connectivity index (χ3v) is 4.06. The van der Waals surface area contributed by atoms with Crippen molar-refractivity contribution in [2.24, 2.45) is 5.92 Å². The first-order chi connectivity index (χ1) is 8.22. The minimum absolute atomic E-state index is 0. The lowest BCUT2D eigenvalue weighted by molar-refractivity contribution is 0.252. The van der Waals surface area contributed by atoms with Gasteiger partial charge in [0.1, 0.15) is 0 Å². The predicted molar refractivity (Wildman–Crippen MR) is 80.7 cm³/mol. The largest absolute Gasteiger partial charge is 0.319 e. The Labute approximate surface area is 121 Å². The van der Waals surface area contributed by atoms with Crippen LogP contribution in [0.1, 0.15) is 24.9 Å². The van der Waals surface area contributed by atoms with Gasteiger partial charge in [-0.1, -0.05) is 29.8 Å². The minimum Gasteiger partial charge on any atom is -0.319 e. The van der Waals surface area contributed by atoms with Crippen LogP contribution >= 0.6 is 24.0 Å². The van der Waals surface area contributed by atoms with Crippen LogP contribution in [0.3, 0.4) is 0 Å². The van der Waals surface area contributed by atoms with Crippen molar-refractivity contribution < 1.29 is 0 Å². The normalized spacial score (nSPS) is 21.6. The van der Waals surface area contributed by atoms with Crippen LogP contribution in [0.25, 0.3) is 0 Å². The standard InChI is InChI=1S/C14H21ClN2.ClH/c1-11(13-5-3-4-6-14(13)15)17-8-7-12(10-17)9-16-2;/h3-6,11-12,16H,7-10H2,1-2H3;1H. The van der Waals surface area contributed by atoms with E-state index in [1.54, 1.807) is 0 Å². The smallest absolute Gasteiger partial charge is 0.0453 e. The first-order valence-corrected chi connectivity index (χ1v) is 6.73. The molecule has 0 aromatic heterocycles. The van der Waals surface area contributed by atoms with E-state index < -0.39 is 0 Å². The number of hydrogen-bond donors (Lipinski definition) is 1. The molecule has 1 N–H and O–H groups in total. The van der Waals surface area contributed by atoms with Crippen LogP contribution in [0.2, 0.25) is 5.02 Å². The molecule has 0 radical (unpaired) electrons. The zero-order valence-electron chi connectivity index (χ0n) is 11.0. The Balaban J connectivity index is 0.00000162. The van der Waals surface area contributed by atoms with Gasteiger partial charge >= 0.3 is 0 Å². The van der Waals surface area contributed by atoms with Crippen LogP contribution in [0.4, 0.5) is 0 Å². The molecule has 1 aliphatic heterocycles. The first kappa shape index (κ1) is 15.8. The van der Waals surface area contributed by atoms with Crippen LogP contribution < -0.4 is 5.32 Å². The van der Waals surface area contributed by atoms with Gasteiger partial charge in [0, 0.05) is 17.6 Å². The highest BCUT2D eigenvalue weighted by molar-refractivity contribution is 6.31. The molecular weight excluding hydrogens is 267 g/mol. The highest BCUT2D eigenvalue weighted by atomic mass is 35.5. The summed E-state index contributed by atoms with van der Waals surface area (Å²) in [7, 11) is 2.03. The summed E-state index contributed by atoms with van der Waals surface area (Å²) in [6, 6.07) is 8.60. The van der Waals surface area contributed by atoms with E-state index in [-0.39, 0.29) is 12.4 Å². The van der Waals surface area contributed by atoms with Gasteiger partial charge in [-0.25, -0.2) is 0 Å². The van der Waals surface area contributed by atoms with Crippen molar-refractivity contribution in [1.29, 1.82) is 0 Å². The van der Waals surface area contributed by atoms with Gasteiger partial charge < -0.3 is 5.32 Å². The zero-order valence-corrected chi connectivity index (χ0v) is 12.6. The second kappa shape index (κ2) is 7.34. The van der Waals surface area contributed by atoms with Crippen molar-refractivity contribution in [3.05, 3.63) is 34.9 Å². The lowest BCUT2D eigenvalue weighted by Crippen LogP contribution is -2.27. The number of benzene rings is 1. The maximum absolute atomic E-state index is 6.26. The second-order valence-electron chi connectivity index (χ2n) is 4.90. The third-order valence-electron chi connectivity index (χ3n) is 3.71. The number of halogens is 2. The van der Waals surface area contributed by atoms with E-state index in [1.165, 1.54) is 25.1 Å². The fraction of sp³-hybridized carbons (Fsp3) is 0.571. The lowest BCUT2D eigenvalue weighted by Gasteiger charge is -2.25. The van der Waals surface area contributed by atoms with Gasteiger partial charge in [0.05, 0.1) is 0 Å². The molecule has 2 nitrogen and oxygen atoms in total. The number of rotatable bonds is 4. The van der Waals surface area contributed by atoms with Crippen molar-refractivity contribution in [2.45, 2.75) is 19.4 Å². The molecule has 2 rings (SSSR count).